The highest BCUT2D eigenvalue weighted by Gasteiger charge is 1.80. The van der Waals surface area contributed by atoms with E-state index in [0.29, 0.717) is 5.92 Å². The topological polar surface area (TPSA) is 26.0 Å². The molecule has 2 heteroatoms. The molecule has 0 spiro atoms. The van der Waals surface area contributed by atoms with Crippen molar-refractivity contribution in [1.29, 1.82) is 0 Å². The minimum Gasteiger partial charge on any atom is -0.330 e. The fourth-order valence-corrected chi connectivity index (χ4v) is 0. The summed E-state index contributed by atoms with van der Waals surface area (Å²) in [6.45, 7) is 5.00. The first-order chi connectivity index (χ1) is 2.27. The van der Waals surface area contributed by atoms with Gasteiger partial charge in [0.05, 0.1) is 0 Å². The van der Waals surface area contributed by atoms with Gasteiger partial charge >= 0.3 is 0 Å². The third-order valence-electron chi connectivity index (χ3n) is 0.471. The van der Waals surface area contributed by atoms with E-state index >= 15 is 0 Å². The third kappa shape index (κ3) is 8.83. The molecule has 0 fully saturated rings. The van der Waals surface area contributed by atoms with E-state index in [4.69, 9.17) is 5.73 Å². The molecule has 6 heavy (non-hydrogen) atoms. The van der Waals surface area contributed by atoms with E-state index in [1.54, 1.807) is 0 Å². The molecule has 2 N–H and O–H groups in total. The molecule has 0 saturated carbocycles. The normalized spacial score (nSPS) is 8.00. The Kier molecular flexibility index (Phi) is 8.77. The molecule has 0 aromatic heterocycles. The van der Waals surface area contributed by atoms with Gasteiger partial charge in [-0.3, -0.25) is 0 Å². The van der Waals surface area contributed by atoms with Gasteiger partial charge in [-0.05, 0) is 12.5 Å². The molecule has 0 heterocycles. The zero-order valence-electron chi connectivity index (χ0n) is 4.27. The van der Waals surface area contributed by atoms with Gasteiger partial charge in [-0.1, -0.05) is 13.8 Å². The van der Waals surface area contributed by atoms with Crippen LogP contribution >= 0.6 is 17.0 Å². The van der Waals surface area contributed by atoms with Crippen LogP contribution in [0, 0.1) is 5.92 Å². The minimum atomic E-state index is 0. The molecular weight excluding hydrogens is 142 g/mol. The predicted octanol–water partition coefficient (Wildman–Crippen LogP) is 1.18. The number of rotatable bonds is 1. The van der Waals surface area contributed by atoms with Gasteiger partial charge in [0.1, 0.15) is 0 Å². The molecule has 0 rings (SSSR count). The summed E-state index contributed by atoms with van der Waals surface area (Å²) in [5.41, 5.74) is 5.17. The van der Waals surface area contributed by atoms with Crippen LogP contribution in [0.2, 0.25) is 0 Å². The van der Waals surface area contributed by atoms with Crippen LogP contribution in [-0.4, -0.2) is 6.54 Å². The van der Waals surface area contributed by atoms with Crippen molar-refractivity contribution in [1.82, 2.24) is 0 Å². The molecule has 0 aliphatic heterocycles. The summed E-state index contributed by atoms with van der Waals surface area (Å²) in [6.07, 6.45) is 0. The van der Waals surface area contributed by atoms with Crippen LogP contribution < -0.4 is 5.73 Å². The van der Waals surface area contributed by atoms with Gasteiger partial charge in [-0.15, -0.1) is 17.0 Å². The Hall–Kier alpha value is 0.440. The van der Waals surface area contributed by atoms with Gasteiger partial charge < -0.3 is 5.73 Å². The Balaban J connectivity index is 0. The third-order valence-corrected chi connectivity index (χ3v) is 0.471. The fraction of sp³-hybridized carbons (Fsp3) is 1.00. The molecule has 0 aliphatic rings. The summed E-state index contributed by atoms with van der Waals surface area (Å²) in [4.78, 5) is 0. The lowest BCUT2D eigenvalue weighted by atomic mass is 10.2. The van der Waals surface area contributed by atoms with Crippen molar-refractivity contribution < 1.29 is 0 Å². The van der Waals surface area contributed by atoms with E-state index < -0.39 is 0 Å². The minimum absolute atomic E-state index is 0. The molecular formula is C4H12BrN. The zero-order chi connectivity index (χ0) is 4.28. The lowest BCUT2D eigenvalue weighted by Gasteiger charge is -1.91. The summed E-state index contributed by atoms with van der Waals surface area (Å²) in [7, 11) is 0. The van der Waals surface area contributed by atoms with Gasteiger partial charge in [0.2, 0.25) is 0 Å². The van der Waals surface area contributed by atoms with Crippen LogP contribution in [0.1, 0.15) is 13.8 Å². The maximum Gasteiger partial charge on any atom is -0.00541 e. The van der Waals surface area contributed by atoms with Crippen LogP contribution in [-0.2, 0) is 0 Å². The first-order valence-corrected chi connectivity index (χ1v) is 1.97. The lowest BCUT2D eigenvalue weighted by Crippen LogP contribution is -2.05. The monoisotopic (exact) mass is 153 g/mol. The lowest BCUT2D eigenvalue weighted by molar-refractivity contribution is 0.664. The molecule has 1 nitrogen and oxygen atoms in total. The maximum absolute atomic E-state index is 5.17. The number of hydrogen-bond donors (Lipinski definition) is 1. The van der Waals surface area contributed by atoms with E-state index in [0.717, 1.165) is 6.54 Å². The highest BCUT2D eigenvalue weighted by molar-refractivity contribution is 8.93. The molecule has 40 valence electrons. The van der Waals surface area contributed by atoms with E-state index in [1.807, 2.05) is 0 Å². The smallest absolute Gasteiger partial charge is 0.00541 e. The second-order valence-electron chi connectivity index (χ2n) is 1.63. The van der Waals surface area contributed by atoms with Crippen molar-refractivity contribution in [2.45, 2.75) is 13.8 Å². The molecule has 0 saturated heterocycles. The van der Waals surface area contributed by atoms with Crippen molar-refractivity contribution in [3.8, 4) is 0 Å². The second-order valence-corrected chi connectivity index (χ2v) is 1.63. The Labute approximate surface area is 49.7 Å². The van der Waals surface area contributed by atoms with Gasteiger partial charge in [0, 0.05) is 0 Å². The van der Waals surface area contributed by atoms with E-state index in [1.165, 1.54) is 0 Å². The van der Waals surface area contributed by atoms with Crippen molar-refractivity contribution in [3.05, 3.63) is 0 Å². The van der Waals surface area contributed by atoms with Crippen LogP contribution in [0.15, 0.2) is 0 Å². The van der Waals surface area contributed by atoms with Crippen molar-refractivity contribution >= 4 is 17.0 Å². The van der Waals surface area contributed by atoms with Crippen molar-refractivity contribution in [2.75, 3.05) is 6.54 Å². The first-order valence-electron chi connectivity index (χ1n) is 1.97. The fourth-order valence-electron chi connectivity index (χ4n) is 0. The van der Waals surface area contributed by atoms with Crippen LogP contribution in [0.5, 0.6) is 0 Å². The molecule has 0 aliphatic carbocycles. The highest BCUT2D eigenvalue weighted by Crippen LogP contribution is 1.81. The standard InChI is InChI=1S/C4H11N.BrH/c1-4(2)3-5;/h4H,3,5H2,1-2H3;1H. The zero-order valence-corrected chi connectivity index (χ0v) is 5.98. The summed E-state index contributed by atoms with van der Waals surface area (Å²) in [5.74, 6) is 0.662. The van der Waals surface area contributed by atoms with Crippen molar-refractivity contribution in [2.24, 2.45) is 11.7 Å². The molecule has 0 atom stereocenters. The molecule has 0 aromatic carbocycles. The van der Waals surface area contributed by atoms with E-state index in [9.17, 15) is 0 Å². The SMILES string of the molecule is Br.CC(C)CN. The van der Waals surface area contributed by atoms with Gasteiger partial charge in [-0.25, -0.2) is 0 Å². The Morgan fingerprint density at radius 2 is 1.67 bits per heavy atom. The summed E-state index contributed by atoms with van der Waals surface area (Å²) >= 11 is 0. The Bertz CT molecular complexity index is 21.5. The van der Waals surface area contributed by atoms with Crippen LogP contribution in [0.3, 0.4) is 0 Å². The quantitative estimate of drug-likeness (QED) is 0.602. The number of nitrogens with two attached hydrogens (primary N) is 1. The maximum atomic E-state index is 5.17. The Morgan fingerprint density at radius 1 is 1.50 bits per heavy atom. The highest BCUT2D eigenvalue weighted by atomic mass is 79.9. The summed E-state index contributed by atoms with van der Waals surface area (Å²) < 4.78 is 0. The van der Waals surface area contributed by atoms with Crippen LogP contribution in [0.4, 0.5) is 0 Å². The first kappa shape index (κ1) is 9.67. The van der Waals surface area contributed by atoms with E-state index in [-0.39, 0.29) is 17.0 Å². The van der Waals surface area contributed by atoms with Gasteiger partial charge in [-0.2, -0.15) is 0 Å². The molecule has 0 amide bonds. The largest absolute Gasteiger partial charge is 0.330 e. The van der Waals surface area contributed by atoms with Gasteiger partial charge in [0.25, 0.3) is 0 Å². The molecule has 0 bridgehead atoms. The Morgan fingerprint density at radius 3 is 1.67 bits per heavy atom. The predicted molar refractivity (Wildman–Crippen MR) is 34.2 cm³/mol. The summed E-state index contributed by atoms with van der Waals surface area (Å²) in [6, 6.07) is 0. The molecule has 0 unspecified atom stereocenters. The van der Waals surface area contributed by atoms with Gasteiger partial charge in [0.15, 0.2) is 0 Å². The van der Waals surface area contributed by atoms with Crippen molar-refractivity contribution in [3.63, 3.8) is 0 Å². The van der Waals surface area contributed by atoms with E-state index in [2.05, 4.69) is 13.8 Å². The summed E-state index contributed by atoms with van der Waals surface area (Å²) in [5, 5.41) is 0. The average molecular weight is 154 g/mol. The molecule has 0 aromatic rings. The van der Waals surface area contributed by atoms with Crippen LogP contribution in [0.25, 0.3) is 0 Å². The second kappa shape index (κ2) is 5.44. The molecule has 0 radical (unpaired) electrons. The number of hydrogen-bond acceptors (Lipinski definition) is 1. The number of halogens is 1. The average Bonchev–Trinajstić information content (AvgIpc) is 1.38.